The van der Waals surface area contributed by atoms with E-state index in [0.29, 0.717) is 36.9 Å². The average molecular weight is 593 g/mol. The van der Waals surface area contributed by atoms with E-state index < -0.39 is 5.60 Å². The fourth-order valence-corrected chi connectivity index (χ4v) is 5.78. The molecule has 1 aliphatic rings. The zero-order valence-corrected chi connectivity index (χ0v) is 25.4. The van der Waals surface area contributed by atoms with Crippen LogP contribution in [0.1, 0.15) is 26.3 Å². The number of amides is 1. The van der Waals surface area contributed by atoms with Gasteiger partial charge in [0.05, 0.1) is 17.8 Å². The summed E-state index contributed by atoms with van der Waals surface area (Å²) in [4.78, 5) is 33.1. The van der Waals surface area contributed by atoms with Crippen LogP contribution >= 0.6 is 22.9 Å². The van der Waals surface area contributed by atoms with Crippen LogP contribution in [-0.4, -0.2) is 59.4 Å². The number of piperazine rings is 1. The zero-order valence-electron chi connectivity index (χ0n) is 23.8. The van der Waals surface area contributed by atoms with Gasteiger partial charge in [0.15, 0.2) is 0 Å². The highest BCUT2D eigenvalue weighted by Gasteiger charge is 2.26. The number of methoxy groups -OCH3 is 1. The SMILES string of the molecule is COc1c(-c2ccnc(N3CCN(C(=O)OC(C)(C)C)CC3)c2)cc(C)cc1-c1ccc(-n2ccsc2=O)c(Cl)c1. The summed E-state index contributed by atoms with van der Waals surface area (Å²) in [5.41, 5.74) is 4.88. The molecular formula is C31H33ClN4O4S. The Labute approximate surface area is 248 Å². The maximum Gasteiger partial charge on any atom is 0.410 e. The van der Waals surface area contributed by atoms with E-state index in [1.165, 1.54) is 0 Å². The van der Waals surface area contributed by atoms with Crippen LogP contribution in [0.4, 0.5) is 10.6 Å². The van der Waals surface area contributed by atoms with Crippen molar-refractivity contribution in [3.8, 4) is 33.7 Å². The van der Waals surface area contributed by atoms with Crippen LogP contribution in [0.3, 0.4) is 0 Å². The van der Waals surface area contributed by atoms with Gasteiger partial charge in [-0.25, -0.2) is 9.78 Å². The first-order chi connectivity index (χ1) is 19.5. The van der Waals surface area contributed by atoms with E-state index in [4.69, 9.17) is 21.1 Å². The van der Waals surface area contributed by atoms with E-state index in [1.807, 2.05) is 52.0 Å². The van der Waals surface area contributed by atoms with Crippen LogP contribution < -0.4 is 14.5 Å². The van der Waals surface area contributed by atoms with E-state index >= 15 is 0 Å². The predicted molar refractivity (Wildman–Crippen MR) is 165 cm³/mol. The molecule has 4 aromatic rings. The molecule has 0 radical (unpaired) electrons. The van der Waals surface area contributed by atoms with Crippen molar-refractivity contribution in [1.82, 2.24) is 14.5 Å². The van der Waals surface area contributed by atoms with Crippen molar-refractivity contribution >= 4 is 34.8 Å². The van der Waals surface area contributed by atoms with Gasteiger partial charge in [0.2, 0.25) is 0 Å². The van der Waals surface area contributed by atoms with E-state index in [9.17, 15) is 9.59 Å². The predicted octanol–water partition coefficient (Wildman–Crippen LogP) is 6.66. The number of thiazole rings is 1. The Hall–Kier alpha value is -3.82. The van der Waals surface area contributed by atoms with Gasteiger partial charge in [0.1, 0.15) is 17.2 Å². The molecule has 2 aromatic heterocycles. The summed E-state index contributed by atoms with van der Waals surface area (Å²) in [6.45, 7) is 10.1. The Morgan fingerprint density at radius 1 is 1.00 bits per heavy atom. The Kier molecular flexibility index (Phi) is 8.11. The smallest absolute Gasteiger partial charge is 0.410 e. The van der Waals surface area contributed by atoms with Crippen molar-refractivity contribution in [2.75, 3.05) is 38.2 Å². The first-order valence-corrected chi connectivity index (χ1v) is 14.6. The van der Waals surface area contributed by atoms with E-state index in [1.54, 1.807) is 34.4 Å². The molecule has 1 saturated heterocycles. The second kappa shape index (κ2) is 11.6. The van der Waals surface area contributed by atoms with Crippen LogP contribution in [0.2, 0.25) is 5.02 Å². The molecule has 0 saturated carbocycles. The minimum absolute atomic E-state index is 0.0881. The van der Waals surface area contributed by atoms with Crippen LogP contribution in [0.5, 0.6) is 5.75 Å². The van der Waals surface area contributed by atoms with Gasteiger partial charge in [0.25, 0.3) is 0 Å². The Morgan fingerprint density at radius 3 is 2.27 bits per heavy atom. The maximum absolute atomic E-state index is 12.5. The molecule has 1 fully saturated rings. The molecule has 41 heavy (non-hydrogen) atoms. The molecule has 5 rings (SSSR count). The van der Waals surface area contributed by atoms with Crippen LogP contribution in [0.25, 0.3) is 27.9 Å². The molecule has 0 N–H and O–H groups in total. The van der Waals surface area contributed by atoms with Gasteiger partial charge in [-0.1, -0.05) is 29.0 Å². The number of nitrogens with zero attached hydrogens (tertiary/aromatic N) is 4. The van der Waals surface area contributed by atoms with E-state index in [-0.39, 0.29) is 11.0 Å². The van der Waals surface area contributed by atoms with Crippen molar-refractivity contribution < 1.29 is 14.3 Å². The van der Waals surface area contributed by atoms with Crippen molar-refractivity contribution in [3.05, 3.63) is 80.5 Å². The minimum atomic E-state index is -0.521. The lowest BCUT2D eigenvalue weighted by Gasteiger charge is -2.36. The summed E-state index contributed by atoms with van der Waals surface area (Å²) in [5, 5.41) is 2.22. The largest absolute Gasteiger partial charge is 0.495 e. The molecule has 0 spiro atoms. The maximum atomic E-state index is 12.5. The molecule has 3 heterocycles. The number of ether oxygens (including phenoxy) is 2. The normalized spacial score (nSPS) is 13.8. The summed E-state index contributed by atoms with van der Waals surface area (Å²) in [6, 6.07) is 13.9. The summed E-state index contributed by atoms with van der Waals surface area (Å²) >= 11 is 7.79. The van der Waals surface area contributed by atoms with E-state index in [0.717, 1.165) is 50.7 Å². The third-order valence-corrected chi connectivity index (χ3v) is 7.80. The number of hydrogen-bond acceptors (Lipinski definition) is 7. The topological polar surface area (TPSA) is 76.9 Å². The highest BCUT2D eigenvalue weighted by Crippen LogP contribution is 2.42. The number of aromatic nitrogens is 2. The molecule has 214 valence electrons. The van der Waals surface area contributed by atoms with E-state index in [2.05, 4.69) is 28.1 Å². The summed E-state index contributed by atoms with van der Waals surface area (Å²) in [5.74, 6) is 1.56. The lowest BCUT2D eigenvalue weighted by atomic mass is 9.95. The quantitative estimate of drug-likeness (QED) is 0.258. The molecule has 0 atom stereocenters. The molecular weight excluding hydrogens is 560 g/mol. The number of benzene rings is 2. The van der Waals surface area contributed by atoms with Gasteiger partial charge in [-0.05, 0) is 80.8 Å². The third-order valence-electron chi connectivity index (χ3n) is 6.84. The molecule has 2 aromatic carbocycles. The van der Waals surface area contributed by atoms with Gasteiger partial charge in [-0.15, -0.1) is 0 Å². The zero-order chi connectivity index (χ0) is 29.3. The standard InChI is InChI=1S/C31H33ClN4O4S/c1-20-16-23(21-6-7-26(25(32)18-21)36-14-15-41-30(36)38)28(39-5)24(17-20)22-8-9-33-27(19-22)34-10-12-35(13-11-34)29(37)40-31(2,3)4/h6-9,14-19H,10-13H2,1-5H3. The molecule has 8 nitrogen and oxygen atoms in total. The lowest BCUT2D eigenvalue weighted by Crippen LogP contribution is -2.50. The van der Waals surface area contributed by atoms with Crippen molar-refractivity contribution in [2.45, 2.75) is 33.3 Å². The second-order valence-corrected chi connectivity index (χ2v) is 12.2. The van der Waals surface area contributed by atoms with Gasteiger partial charge in [0, 0.05) is 55.1 Å². The van der Waals surface area contributed by atoms with Gasteiger partial charge in [-0.2, -0.15) is 0 Å². The molecule has 10 heteroatoms. The van der Waals surface area contributed by atoms with Crippen LogP contribution in [0, 0.1) is 6.92 Å². The number of rotatable bonds is 5. The molecule has 0 bridgehead atoms. The van der Waals surface area contributed by atoms with Crippen LogP contribution in [-0.2, 0) is 4.74 Å². The second-order valence-electron chi connectivity index (χ2n) is 11.0. The van der Waals surface area contributed by atoms with Crippen molar-refractivity contribution in [1.29, 1.82) is 0 Å². The lowest BCUT2D eigenvalue weighted by molar-refractivity contribution is 0.0240. The molecule has 1 amide bonds. The molecule has 0 aliphatic carbocycles. The highest BCUT2D eigenvalue weighted by atomic mass is 35.5. The van der Waals surface area contributed by atoms with Gasteiger partial charge < -0.3 is 19.3 Å². The number of aryl methyl sites for hydroxylation is 1. The minimum Gasteiger partial charge on any atom is -0.495 e. The number of hydrogen-bond donors (Lipinski definition) is 0. The third kappa shape index (κ3) is 6.26. The monoisotopic (exact) mass is 592 g/mol. The first kappa shape index (κ1) is 28.7. The Bertz CT molecular complexity index is 1630. The fraction of sp³-hybridized carbons (Fsp3) is 0.323. The van der Waals surface area contributed by atoms with Gasteiger partial charge in [-0.3, -0.25) is 9.36 Å². The summed E-state index contributed by atoms with van der Waals surface area (Å²) in [6.07, 6.45) is 3.24. The Morgan fingerprint density at radius 2 is 1.68 bits per heavy atom. The van der Waals surface area contributed by atoms with Crippen molar-refractivity contribution in [3.63, 3.8) is 0 Å². The fourth-order valence-electron chi connectivity index (χ4n) is 4.94. The Balaban J connectivity index is 1.43. The summed E-state index contributed by atoms with van der Waals surface area (Å²) in [7, 11) is 1.66. The first-order valence-electron chi connectivity index (χ1n) is 13.4. The highest BCUT2D eigenvalue weighted by molar-refractivity contribution is 7.07. The molecule has 0 unspecified atom stereocenters. The number of anilines is 1. The van der Waals surface area contributed by atoms with Crippen LogP contribution in [0.15, 0.2) is 65.0 Å². The van der Waals surface area contributed by atoms with Gasteiger partial charge >= 0.3 is 11.0 Å². The molecule has 1 aliphatic heterocycles. The number of carbonyl (C=O) groups is 1. The average Bonchev–Trinajstić information content (AvgIpc) is 3.37. The number of pyridine rings is 1. The number of halogens is 1. The summed E-state index contributed by atoms with van der Waals surface area (Å²) < 4.78 is 13.1. The van der Waals surface area contributed by atoms with Crippen molar-refractivity contribution in [2.24, 2.45) is 0 Å². The number of carbonyl (C=O) groups excluding carboxylic acids is 1.